The van der Waals surface area contributed by atoms with Gasteiger partial charge in [-0.3, -0.25) is 4.84 Å². The van der Waals surface area contributed by atoms with E-state index in [2.05, 4.69) is 0 Å². The fraction of sp³-hybridized carbons (Fsp3) is 0.111. The summed E-state index contributed by atoms with van der Waals surface area (Å²) in [6.45, 7) is 0. The smallest absolute Gasteiger partial charge is 0.249 e. The van der Waals surface area contributed by atoms with Gasteiger partial charge in [0.2, 0.25) is 9.26 Å². The number of fused-ring (bicyclic) bond motifs is 2. The summed E-state index contributed by atoms with van der Waals surface area (Å²) in [5.41, 5.74) is 1.74. The fourth-order valence-electron chi connectivity index (χ4n) is 2.04. The van der Waals surface area contributed by atoms with Crippen LogP contribution in [0.1, 0.15) is 11.8 Å². The van der Waals surface area contributed by atoms with Crippen molar-refractivity contribution in [1.82, 2.24) is 4.57 Å². The normalized spacial score (nSPS) is 26.1. The maximum absolute atomic E-state index is 11.1. The molecule has 0 aromatic carbocycles. The SMILES string of the molecule is NOC1C2=C(C=CS2=S(=O)=O)n2cccc21. The Morgan fingerprint density at radius 3 is 3.00 bits per heavy atom. The van der Waals surface area contributed by atoms with Gasteiger partial charge >= 0.3 is 0 Å². The maximum atomic E-state index is 11.1. The molecule has 84 valence electrons. The van der Waals surface area contributed by atoms with Crippen LogP contribution >= 0.6 is 0 Å². The molecule has 7 heteroatoms. The summed E-state index contributed by atoms with van der Waals surface area (Å²) in [5, 5.41) is 1.67. The van der Waals surface area contributed by atoms with Crippen molar-refractivity contribution in [3.8, 4) is 0 Å². The number of allylic oxidation sites excluding steroid dienone is 2. The monoisotopic (exact) mass is 256 g/mol. The molecule has 0 radical (unpaired) electrons. The molecule has 16 heavy (non-hydrogen) atoms. The molecule has 1 aromatic rings. The van der Waals surface area contributed by atoms with Crippen LogP contribution in [-0.4, -0.2) is 13.0 Å². The summed E-state index contributed by atoms with van der Waals surface area (Å²) >= 11 is 0. The van der Waals surface area contributed by atoms with E-state index >= 15 is 0 Å². The molecule has 0 aliphatic carbocycles. The third-order valence-corrected chi connectivity index (χ3v) is 5.93. The van der Waals surface area contributed by atoms with Crippen LogP contribution in [0.5, 0.6) is 0 Å². The molecule has 2 aliphatic rings. The zero-order valence-corrected chi connectivity index (χ0v) is 9.66. The van der Waals surface area contributed by atoms with E-state index in [1.807, 2.05) is 22.9 Å². The lowest BCUT2D eigenvalue weighted by Crippen LogP contribution is -2.11. The van der Waals surface area contributed by atoms with Crippen LogP contribution in [0.15, 0.2) is 34.7 Å². The van der Waals surface area contributed by atoms with Crippen LogP contribution in [0.4, 0.5) is 0 Å². The molecule has 3 rings (SSSR count). The van der Waals surface area contributed by atoms with Gasteiger partial charge in [-0.2, -0.15) is 8.42 Å². The summed E-state index contributed by atoms with van der Waals surface area (Å²) in [7, 11) is -3.09. The van der Waals surface area contributed by atoms with Gasteiger partial charge in [0.15, 0.2) is 6.10 Å². The molecule has 2 unspecified atom stereocenters. The Morgan fingerprint density at radius 2 is 2.31 bits per heavy atom. The lowest BCUT2D eigenvalue weighted by molar-refractivity contribution is 0.0842. The van der Waals surface area contributed by atoms with Gasteiger partial charge in [-0.25, -0.2) is 5.90 Å². The first-order valence-electron chi connectivity index (χ1n) is 4.52. The molecule has 0 bridgehead atoms. The Kier molecular flexibility index (Phi) is 2.15. The first-order chi connectivity index (χ1) is 7.74. The van der Waals surface area contributed by atoms with Crippen molar-refractivity contribution in [3.63, 3.8) is 0 Å². The van der Waals surface area contributed by atoms with Crippen molar-refractivity contribution in [3.05, 3.63) is 40.4 Å². The molecule has 3 heterocycles. The Labute approximate surface area is 94.9 Å². The van der Waals surface area contributed by atoms with Gasteiger partial charge in [0.1, 0.15) is 0 Å². The first kappa shape index (κ1) is 10.0. The molecule has 0 saturated heterocycles. The fourth-order valence-corrected chi connectivity index (χ4v) is 4.83. The van der Waals surface area contributed by atoms with Gasteiger partial charge in [-0.15, -0.1) is 0 Å². The number of hydrogen-bond acceptors (Lipinski definition) is 4. The Bertz CT molecular complexity index is 659. The van der Waals surface area contributed by atoms with Crippen molar-refractivity contribution in [2.75, 3.05) is 0 Å². The van der Waals surface area contributed by atoms with Crippen molar-refractivity contribution in [1.29, 1.82) is 0 Å². The van der Waals surface area contributed by atoms with Crippen molar-refractivity contribution in [2.24, 2.45) is 5.90 Å². The van der Waals surface area contributed by atoms with Gasteiger partial charge in [0.25, 0.3) is 0 Å². The molecular formula is C9H8N2O3S2. The molecule has 0 fully saturated rings. The second kappa shape index (κ2) is 3.42. The molecule has 0 amide bonds. The second-order valence-corrected chi connectivity index (χ2v) is 6.98. The van der Waals surface area contributed by atoms with Crippen LogP contribution in [0.25, 0.3) is 5.70 Å². The van der Waals surface area contributed by atoms with E-state index in [1.54, 1.807) is 11.5 Å². The van der Waals surface area contributed by atoms with Gasteiger partial charge < -0.3 is 4.57 Å². The third kappa shape index (κ3) is 1.14. The zero-order valence-electron chi connectivity index (χ0n) is 8.03. The minimum absolute atomic E-state index is 0.457. The number of aromatic nitrogens is 1. The van der Waals surface area contributed by atoms with E-state index in [1.165, 1.54) is 0 Å². The Hall–Kier alpha value is -1.15. The molecule has 0 saturated carbocycles. The maximum Gasteiger partial charge on any atom is 0.249 e. The van der Waals surface area contributed by atoms with Crippen molar-refractivity contribution >= 4 is 24.4 Å². The minimum Gasteiger partial charge on any atom is -0.317 e. The zero-order chi connectivity index (χ0) is 11.3. The summed E-state index contributed by atoms with van der Waals surface area (Å²) in [5.74, 6) is 5.25. The summed E-state index contributed by atoms with van der Waals surface area (Å²) in [4.78, 5) is 5.63. The average molecular weight is 256 g/mol. The van der Waals surface area contributed by atoms with Crippen LogP contribution in [0.2, 0.25) is 0 Å². The topological polar surface area (TPSA) is 74.3 Å². The standard InChI is InChI=1S/C9H8N2O3S2/c10-14-8-6-2-1-4-11(6)7-3-5-15(9(7)8)16(12)13/h1-5,8H,10H2. The summed E-state index contributed by atoms with van der Waals surface area (Å²) in [6, 6.07) is 3.75. The quantitative estimate of drug-likeness (QED) is 0.744. The first-order valence-corrected chi connectivity index (χ1v) is 7.40. The second-order valence-electron chi connectivity index (χ2n) is 3.37. The minimum atomic E-state index is -2.16. The summed E-state index contributed by atoms with van der Waals surface area (Å²) < 4.78 is 24.1. The van der Waals surface area contributed by atoms with Crippen LogP contribution in [0, 0.1) is 0 Å². The van der Waals surface area contributed by atoms with Gasteiger partial charge in [0.05, 0.1) is 16.3 Å². The number of rotatable bonds is 1. The van der Waals surface area contributed by atoms with Crippen LogP contribution in [0.3, 0.4) is 0 Å². The Balaban J connectivity index is 2.31. The van der Waals surface area contributed by atoms with Crippen LogP contribution in [-0.2, 0) is 23.6 Å². The van der Waals surface area contributed by atoms with E-state index in [0.717, 1.165) is 16.3 Å². The molecule has 2 aliphatic heterocycles. The lowest BCUT2D eigenvalue weighted by atomic mass is 10.2. The predicted molar refractivity (Wildman–Crippen MR) is 61.1 cm³/mol. The van der Waals surface area contributed by atoms with E-state index < -0.39 is 24.8 Å². The molecule has 5 nitrogen and oxygen atoms in total. The number of nitrogens with zero attached hydrogens (tertiary/aromatic N) is 1. The molecule has 0 spiro atoms. The number of nitrogens with two attached hydrogens (primary N) is 1. The van der Waals surface area contributed by atoms with Gasteiger partial charge in [-0.05, 0) is 33.1 Å². The highest BCUT2D eigenvalue weighted by Gasteiger charge is 2.35. The lowest BCUT2D eigenvalue weighted by Gasteiger charge is -2.10. The summed E-state index contributed by atoms with van der Waals surface area (Å²) in [6.07, 6.45) is 3.21. The number of hydrogen-bond donors (Lipinski definition) is 1. The van der Waals surface area contributed by atoms with E-state index in [0.29, 0.717) is 0 Å². The molecule has 2 N–H and O–H groups in total. The third-order valence-electron chi connectivity index (χ3n) is 2.65. The van der Waals surface area contributed by atoms with Gasteiger partial charge in [-0.1, -0.05) is 0 Å². The molecule has 2 atom stereocenters. The van der Waals surface area contributed by atoms with Crippen LogP contribution < -0.4 is 5.90 Å². The average Bonchev–Trinajstić information content (AvgIpc) is 2.85. The highest BCUT2D eigenvalue weighted by Crippen LogP contribution is 2.43. The molecule has 1 aromatic heterocycles. The largest absolute Gasteiger partial charge is 0.317 e. The van der Waals surface area contributed by atoms with Gasteiger partial charge in [0, 0.05) is 6.20 Å². The van der Waals surface area contributed by atoms with E-state index in [-0.39, 0.29) is 0 Å². The predicted octanol–water partition coefficient (Wildman–Crippen LogP) is 0.541. The van der Waals surface area contributed by atoms with Crippen molar-refractivity contribution < 1.29 is 13.3 Å². The molecular weight excluding hydrogens is 248 g/mol. The van der Waals surface area contributed by atoms with E-state index in [4.69, 9.17) is 10.7 Å². The van der Waals surface area contributed by atoms with E-state index in [9.17, 15) is 8.42 Å². The highest BCUT2D eigenvalue weighted by molar-refractivity contribution is 8.37. The van der Waals surface area contributed by atoms with Crippen molar-refractivity contribution in [2.45, 2.75) is 6.10 Å². The Morgan fingerprint density at radius 1 is 1.50 bits per heavy atom. The highest BCUT2D eigenvalue weighted by atomic mass is 32.9.